The van der Waals surface area contributed by atoms with Crippen LogP contribution in [0.2, 0.25) is 0 Å². The van der Waals surface area contributed by atoms with Crippen molar-refractivity contribution >= 4 is 5.97 Å². The van der Waals surface area contributed by atoms with E-state index in [-0.39, 0.29) is 18.4 Å². The van der Waals surface area contributed by atoms with Crippen molar-refractivity contribution in [1.29, 1.82) is 0 Å². The van der Waals surface area contributed by atoms with E-state index in [9.17, 15) is 4.79 Å². The van der Waals surface area contributed by atoms with Crippen molar-refractivity contribution in [2.24, 2.45) is 5.92 Å². The Kier molecular flexibility index (Phi) is 2.88. The lowest BCUT2D eigenvalue weighted by atomic mass is 9.96. The first kappa shape index (κ1) is 8.53. The Morgan fingerprint density at radius 1 is 1.73 bits per heavy atom. The van der Waals surface area contributed by atoms with Gasteiger partial charge in [0.15, 0.2) is 0 Å². The van der Waals surface area contributed by atoms with E-state index >= 15 is 0 Å². The molecule has 1 aliphatic heterocycles. The van der Waals surface area contributed by atoms with Crippen LogP contribution in [0.25, 0.3) is 0 Å². The molecule has 0 aliphatic carbocycles. The van der Waals surface area contributed by atoms with Gasteiger partial charge in [-0.3, -0.25) is 4.79 Å². The Morgan fingerprint density at radius 2 is 2.45 bits per heavy atom. The molecule has 2 atom stereocenters. The maximum Gasteiger partial charge on any atom is 0.303 e. The number of rotatable bonds is 3. The zero-order valence-corrected chi connectivity index (χ0v) is 6.75. The van der Waals surface area contributed by atoms with Gasteiger partial charge in [0, 0.05) is 6.61 Å². The summed E-state index contributed by atoms with van der Waals surface area (Å²) in [6, 6.07) is 0. The van der Waals surface area contributed by atoms with Crippen molar-refractivity contribution in [1.82, 2.24) is 0 Å². The molecule has 1 fully saturated rings. The summed E-state index contributed by atoms with van der Waals surface area (Å²) in [6.45, 7) is 2.77. The second-order valence-electron chi connectivity index (χ2n) is 2.96. The lowest BCUT2D eigenvalue weighted by Gasteiger charge is -2.13. The Hall–Kier alpha value is -0.570. The first-order valence-electron chi connectivity index (χ1n) is 4.07. The van der Waals surface area contributed by atoms with Crippen LogP contribution in [0.4, 0.5) is 0 Å². The molecule has 1 N–H and O–H groups in total. The van der Waals surface area contributed by atoms with Gasteiger partial charge >= 0.3 is 5.97 Å². The van der Waals surface area contributed by atoms with Gasteiger partial charge < -0.3 is 9.84 Å². The molecule has 64 valence electrons. The van der Waals surface area contributed by atoms with Gasteiger partial charge in [-0.1, -0.05) is 6.92 Å². The third-order valence-electron chi connectivity index (χ3n) is 2.19. The molecule has 0 amide bonds. The van der Waals surface area contributed by atoms with Crippen LogP contribution in [0.5, 0.6) is 0 Å². The molecule has 1 saturated heterocycles. The van der Waals surface area contributed by atoms with Gasteiger partial charge in [0.1, 0.15) is 0 Å². The summed E-state index contributed by atoms with van der Waals surface area (Å²) >= 11 is 0. The lowest BCUT2D eigenvalue weighted by molar-refractivity contribution is -0.138. The van der Waals surface area contributed by atoms with Crippen LogP contribution in [0.3, 0.4) is 0 Å². The molecular formula is C8H14O3. The largest absolute Gasteiger partial charge is 0.481 e. The number of hydrogen-bond acceptors (Lipinski definition) is 2. The SMILES string of the molecule is CC[C@H]1OCCC1CC(=O)O. The Morgan fingerprint density at radius 3 is 3.00 bits per heavy atom. The molecule has 11 heavy (non-hydrogen) atoms. The molecule has 1 aliphatic rings. The zero-order chi connectivity index (χ0) is 8.27. The molecule has 0 aromatic heterocycles. The summed E-state index contributed by atoms with van der Waals surface area (Å²) < 4.78 is 5.35. The highest BCUT2D eigenvalue weighted by atomic mass is 16.5. The van der Waals surface area contributed by atoms with Gasteiger partial charge in [0.05, 0.1) is 12.5 Å². The van der Waals surface area contributed by atoms with Crippen molar-refractivity contribution in [3.8, 4) is 0 Å². The van der Waals surface area contributed by atoms with E-state index in [0.29, 0.717) is 0 Å². The Bertz CT molecular complexity index is 144. The average molecular weight is 158 g/mol. The number of hydrogen-bond donors (Lipinski definition) is 1. The lowest BCUT2D eigenvalue weighted by Crippen LogP contribution is -2.17. The monoisotopic (exact) mass is 158 g/mol. The maximum atomic E-state index is 10.4. The summed E-state index contributed by atoms with van der Waals surface area (Å²) in [5, 5.41) is 8.53. The zero-order valence-electron chi connectivity index (χ0n) is 6.75. The second kappa shape index (κ2) is 3.72. The molecule has 3 nitrogen and oxygen atoms in total. The second-order valence-corrected chi connectivity index (χ2v) is 2.96. The van der Waals surface area contributed by atoms with Crippen molar-refractivity contribution in [3.63, 3.8) is 0 Å². The highest BCUT2D eigenvalue weighted by Crippen LogP contribution is 2.25. The third-order valence-corrected chi connectivity index (χ3v) is 2.19. The molecule has 3 heteroatoms. The number of carboxylic acid groups (broad SMARTS) is 1. The third kappa shape index (κ3) is 2.19. The predicted molar refractivity (Wildman–Crippen MR) is 40.4 cm³/mol. The first-order valence-corrected chi connectivity index (χ1v) is 4.07. The number of ether oxygens (including phenoxy) is 1. The fraction of sp³-hybridized carbons (Fsp3) is 0.875. The maximum absolute atomic E-state index is 10.4. The molecule has 1 unspecified atom stereocenters. The van der Waals surface area contributed by atoms with E-state index in [4.69, 9.17) is 9.84 Å². The van der Waals surface area contributed by atoms with Crippen LogP contribution in [0, 0.1) is 5.92 Å². The van der Waals surface area contributed by atoms with Gasteiger partial charge in [-0.15, -0.1) is 0 Å². The number of aliphatic carboxylic acids is 1. The highest BCUT2D eigenvalue weighted by Gasteiger charge is 2.28. The summed E-state index contributed by atoms with van der Waals surface area (Å²) in [7, 11) is 0. The average Bonchev–Trinajstić information content (AvgIpc) is 2.34. The summed E-state index contributed by atoms with van der Waals surface area (Å²) in [4.78, 5) is 10.4. The van der Waals surface area contributed by atoms with Gasteiger partial charge in [0.25, 0.3) is 0 Å². The van der Waals surface area contributed by atoms with Crippen molar-refractivity contribution in [2.45, 2.75) is 32.3 Å². The Labute approximate surface area is 66.4 Å². The fourth-order valence-corrected chi connectivity index (χ4v) is 1.60. The molecule has 0 spiro atoms. The minimum absolute atomic E-state index is 0.186. The van der Waals surface area contributed by atoms with Gasteiger partial charge in [0.2, 0.25) is 0 Å². The van der Waals surface area contributed by atoms with Crippen LogP contribution in [-0.4, -0.2) is 23.8 Å². The molecule has 0 aromatic rings. The Balaban J connectivity index is 2.37. The molecule has 0 bridgehead atoms. The van der Waals surface area contributed by atoms with E-state index in [1.807, 2.05) is 6.92 Å². The summed E-state index contributed by atoms with van der Waals surface area (Å²) in [5.74, 6) is -0.462. The summed E-state index contributed by atoms with van der Waals surface area (Å²) in [6.07, 6.45) is 2.28. The smallest absolute Gasteiger partial charge is 0.303 e. The van der Waals surface area contributed by atoms with Crippen LogP contribution in [0.15, 0.2) is 0 Å². The first-order chi connectivity index (χ1) is 5.24. The molecule has 1 rings (SSSR count). The van der Waals surface area contributed by atoms with Crippen molar-refractivity contribution < 1.29 is 14.6 Å². The molecule has 1 heterocycles. The quantitative estimate of drug-likeness (QED) is 0.673. The van der Waals surface area contributed by atoms with E-state index in [1.54, 1.807) is 0 Å². The molecule has 0 radical (unpaired) electrons. The minimum Gasteiger partial charge on any atom is -0.481 e. The van der Waals surface area contributed by atoms with Crippen LogP contribution < -0.4 is 0 Å². The van der Waals surface area contributed by atoms with Gasteiger partial charge in [-0.25, -0.2) is 0 Å². The highest BCUT2D eigenvalue weighted by molar-refractivity contribution is 5.67. The van der Waals surface area contributed by atoms with E-state index in [2.05, 4.69) is 0 Å². The predicted octanol–water partition coefficient (Wildman–Crippen LogP) is 1.28. The molecule has 0 saturated carbocycles. The normalized spacial score (nSPS) is 30.6. The van der Waals surface area contributed by atoms with Crippen molar-refractivity contribution in [3.05, 3.63) is 0 Å². The molecular weight excluding hydrogens is 144 g/mol. The van der Waals surface area contributed by atoms with Crippen molar-refractivity contribution in [2.75, 3.05) is 6.61 Å². The number of carboxylic acids is 1. The van der Waals surface area contributed by atoms with E-state index in [0.717, 1.165) is 19.4 Å². The van der Waals surface area contributed by atoms with Crippen LogP contribution >= 0.6 is 0 Å². The fourth-order valence-electron chi connectivity index (χ4n) is 1.60. The van der Waals surface area contributed by atoms with E-state index < -0.39 is 5.97 Å². The molecule has 0 aromatic carbocycles. The van der Waals surface area contributed by atoms with Gasteiger partial charge in [-0.05, 0) is 18.8 Å². The van der Waals surface area contributed by atoms with Gasteiger partial charge in [-0.2, -0.15) is 0 Å². The standard InChI is InChI=1S/C8H14O3/c1-2-7-6(3-4-11-7)5-8(9)10/h6-7H,2-5H2,1H3,(H,9,10)/t6?,7-/m1/s1. The van der Waals surface area contributed by atoms with Crippen LogP contribution in [0.1, 0.15) is 26.2 Å². The topological polar surface area (TPSA) is 46.5 Å². The number of carbonyl (C=O) groups is 1. The van der Waals surface area contributed by atoms with E-state index in [1.165, 1.54) is 0 Å². The summed E-state index contributed by atoms with van der Waals surface area (Å²) in [5.41, 5.74) is 0. The minimum atomic E-state index is -0.709. The van der Waals surface area contributed by atoms with Crippen LogP contribution in [-0.2, 0) is 9.53 Å².